The van der Waals surface area contributed by atoms with Crippen molar-refractivity contribution in [3.8, 4) is 0 Å². The fourth-order valence-electron chi connectivity index (χ4n) is 2.60. The van der Waals surface area contributed by atoms with Gasteiger partial charge in [-0.1, -0.05) is 24.4 Å². The molecule has 0 spiro atoms. The standard InChI is InChI=1S/C14H19ClN2O2/c15-10-3-4-12(16)11(7-10)13(19)17-8-14(9-18)5-1-2-6-14/h3-4,7,18H,1-2,5-6,8-9,16H2,(H,17,19). The van der Waals surface area contributed by atoms with Crippen LogP contribution in [0.1, 0.15) is 36.0 Å². The van der Waals surface area contributed by atoms with Crippen LogP contribution in [-0.4, -0.2) is 24.2 Å². The number of carbonyl (C=O) groups is 1. The molecule has 1 aliphatic carbocycles. The third kappa shape index (κ3) is 3.19. The molecule has 0 aromatic heterocycles. The summed E-state index contributed by atoms with van der Waals surface area (Å²) in [6.07, 6.45) is 4.12. The molecule has 1 aliphatic rings. The number of nitrogens with two attached hydrogens (primary N) is 1. The van der Waals surface area contributed by atoms with E-state index in [1.165, 1.54) is 0 Å². The number of aliphatic hydroxyl groups excluding tert-OH is 1. The van der Waals surface area contributed by atoms with E-state index in [1.807, 2.05) is 0 Å². The third-order valence-corrected chi connectivity index (χ3v) is 4.12. The Morgan fingerprint density at radius 1 is 1.42 bits per heavy atom. The van der Waals surface area contributed by atoms with E-state index in [1.54, 1.807) is 18.2 Å². The van der Waals surface area contributed by atoms with Crippen LogP contribution < -0.4 is 11.1 Å². The van der Waals surface area contributed by atoms with Gasteiger partial charge in [-0.2, -0.15) is 0 Å². The second kappa shape index (κ2) is 5.80. The lowest BCUT2D eigenvalue weighted by Gasteiger charge is -2.26. The lowest BCUT2D eigenvalue weighted by atomic mass is 9.87. The van der Waals surface area contributed by atoms with Gasteiger partial charge in [0.05, 0.1) is 12.2 Å². The smallest absolute Gasteiger partial charge is 0.253 e. The van der Waals surface area contributed by atoms with Gasteiger partial charge in [0.1, 0.15) is 0 Å². The minimum Gasteiger partial charge on any atom is -0.398 e. The number of anilines is 1. The molecular weight excluding hydrogens is 264 g/mol. The number of amides is 1. The van der Waals surface area contributed by atoms with Crippen molar-refractivity contribution in [2.75, 3.05) is 18.9 Å². The number of hydrogen-bond acceptors (Lipinski definition) is 3. The second-order valence-corrected chi connectivity index (χ2v) is 5.72. The molecule has 0 saturated heterocycles. The summed E-state index contributed by atoms with van der Waals surface area (Å²) in [5, 5.41) is 12.8. The van der Waals surface area contributed by atoms with Crippen molar-refractivity contribution in [2.45, 2.75) is 25.7 Å². The zero-order valence-electron chi connectivity index (χ0n) is 10.8. The third-order valence-electron chi connectivity index (χ3n) is 3.88. The van der Waals surface area contributed by atoms with E-state index in [2.05, 4.69) is 5.32 Å². The van der Waals surface area contributed by atoms with Crippen molar-refractivity contribution in [2.24, 2.45) is 5.41 Å². The largest absolute Gasteiger partial charge is 0.398 e. The van der Waals surface area contributed by atoms with Gasteiger partial charge in [0.25, 0.3) is 5.91 Å². The van der Waals surface area contributed by atoms with Crippen LogP contribution in [0.5, 0.6) is 0 Å². The van der Waals surface area contributed by atoms with Gasteiger partial charge in [0, 0.05) is 22.7 Å². The molecule has 0 aliphatic heterocycles. The van der Waals surface area contributed by atoms with Crippen LogP contribution in [0.25, 0.3) is 0 Å². The van der Waals surface area contributed by atoms with Gasteiger partial charge < -0.3 is 16.2 Å². The first-order valence-corrected chi connectivity index (χ1v) is 6.88. The number of rotatable bonds is 4. The average Bonchev–Trinajstić information content (AvgIpc) is 2.88. The first kappa shape index (κ1) is 14.2. The summed E-state index contributed by atoms with van der Waals surface area (Å²) >= 11 is 5.87. The minimum atomic E-state index is -0.236. The summed E-state index contributed by atoms with van der Waals surface area (Å²) in [5.41, 5.74) is 6.40. The average molecular weight is 283 g/mol. The van der Waals surface area contributed by atoms with Crippen LogP contribution in [0.3, 0.4) is 0 Å². The number of nitrogens with one attached hydrogen (secondary N) is 1. The summed E-state index contributed by atoms with van der Waals surface area (Å²) < 4.78 is 0. The number of benzene rings is 1. The molecule has 4 nitrogen and oxygen atoms in total. The Morgan fingerprint density at radius 2 is 2.11 bits per heavy atom. The fourth-order valence-corrected chi connectivity index (χ4v) is 2.78. The second-order valence-electron chi connectivity index (χ2n) is 5.28. The Labute approximate surface area is 117 Å². The quantitative estimate of drug-likeness (QED) is 0.741. The van der Waals surface area contributed by atoms with Gasteiger partial charge in [-0.05, 0) is 31.0 Å². The molecule has 1 fully saturated rings. The summed E-state index contributed by atoms with van der Waals surface area (Å²) in [7, 11) is 0. The van der Waals surface area contributed by atoms with E-state index in [0.717, 1.165) is 25.7 Å². The van der Waals surface area contributed by atoms with Crippen molar-refractivity contribution < 1.29 is 9.90 Å². The predicted octanol–water partition coefficient (Wildman–Crippen LogP) is 2.20. The van der Waals surface area contributed by atoms with Gasteiger partial charge in [-0.15, -0.1) is 0 Å². The van der Waals surface area contributed by atoms with Crippen molar-refractivity contribution in [3.05, 3.63) is 28.8 Å². The van der Waals surface area contributed by atoms with Gasteiger partial charge >= 0.3 is 0 Å². The molecule has 0 heterocycles. The summed E-state index contributed by atoms with van der Waals surface area (Å²) in [4.78, 5) is 12.1. The maximum absolute atomic E-state index is 12.1. The molecule has 0 radical (unpaired) electrons. The van der Waals surface area contributed by atoms with Crippen molar-refractivity contribution in [1.82, 2.24) is 5.32 Å². The van der Waals surface area contributed by atoms with E-state index in [0.29, 0.717) is 22.8 Å². The van der Waals surface area contributed by atoms with Crippen molar-refractivity contribution >= 4 is 23.2 Å². The summed E-state index contributed by atoms with van der Waals surface area (Å²) in [6.45, 7) is 0.590. The van der Waals surface area contributed by atoms with Crippen LogP contribution in [0.4, 0.5) is 5.69 Å². The zero-order chi connectivity index (χ0) is 13.9. The number of aliphatic hydroxyl groups is 1. The molecular formula is C14H19ClN2O2. The van der Waals surface area contributed by atoms with E-state index < -0.39 is 0 Å². The zero-order valence-corrected chi connectivity index (χ0v) is 11.5. The highest BCUT2D eigenvalue weighted by molar-refractivity contribution is 6.31. The Hall–Kier alpha value is -1.26. The molecule has 0 atom stereocenters. The fraction of sp³-hybridized carbons (Fsp3) is 0.500. The van der Waals surface area contributed by atoms with E-state index in [4.69, 9.17) is 17.3 Å². The molecule has 1 aromatic rings. The minimum absolute atomic E-state index is 0.109. The molecule has 5 heteroatoms. The van der Waals surface area contributed by atoms with Gasteiger partial charge in [-0.3, -0.25) is 4.79 Å². The van der Waals surface area contributed by atoms with Gasteiger partial charge in [0.15, 0.2) is 0 Å². The molecule has 0 bridgehead atoms. The van der Waals surface area contributed by atoms with E-state index in [-0.39, 0.29) is 17.9 Å². The maximum atomic E-state index is 12.1. The highest BCUT2D eigenvalue weighted by Crippen LogP contribution is 2.37. The van der Waals surface area contributed by atoms with Crippen LogP contribution in [-0.2, 0) is 0 Å². The Kier molecular flexibility index (Phi) is 4.32. The molecule has 2 rings (SSSR count). The molecule has 19 heavy (non-hydrogen) atoms. The molecule has 1 saturated carbocycles. The van der Waals surface area contributed by atoms with E-state index in [9.17, 15) is 9.90 Å². The Morgan fingerprint density at radius 3 is 2.74 bits per heavy atom. The number of carbonyl (C=O) groups excluding carboxylic acids is 1. The molecule has 1 amide bonds. The first-order chi connectivity index (χ1) is 9.06. The van der Waals surface area contributed by atoms with Crippen LogP contribution in [0.2, 0.25) is 5.02 Å². The summed E-state index contributed by atoms with van der Waals surface area (Å²) in [5.74, 6) is -0.236. The van der Waals surface area contributed by atoms with Crippen LogP contribution in [0.15, 0.2) is 18.2 Å². The number of hydrogen-bond donors (Lipinski definition) is 3. The highest BCUT2D eigenvalue weighted by atomic mass is 35.5. The van der Waals surface area contributed by atoms with Crippen LogP contribution in [0, 0.1) is 5.41 Å². The lowest BCUT2D eigenvalue weighted by molar-refractivity contribution is 0.0881. The number of nitrogen functional groups attached to an aromatic ring is 1. The monoisotopic (exact) mass is 282 g/mol. The molecule has 4 N–H and O–H groups in total. The highest BCUT2D eigenvalue weighted by Gasteiger charge is 2.33. The molecule has 1 aromatic carbocycles. The number of halogens is 1. The Bertz CT molecular complexity index is 471. The van der Waals surface area contributed by atoms with Gasteiger partial charge in [-0.25, -0.2) is 0 Å². The Balaban J connectivity index is 2.03. The first-order valence-electron chi connectivity index (χ1n) is 6.50. The SMILES string of the molecule is Nc1ccc(Cl)cc1C(=O)NCC1(CO)CCCC1. The van der Waals surface area contributed by atoms with E-state index >= 15 is 0 Å². The van der Waals surface area contributed by atoms with Crippen molar-refractivity contribution in [1.29, 1.82) is 0 Å². The molecule has 0 unspecified atom stereocenters. The normalized spacial score (nSPS) is 17.4. The van der Waals surface area contributed by atoms with Crippen molar-refractivity contribution in [3.63, 3.8) is 0 Å². The van der Waals surface area contributed by atoms with Gasteiger partial charge in [0.2, 0.25) is 0 Å². The van der Waals surface area contributed by atoms with Crippen LogP contribution >= 0.6 is 11.6 Å². The summed E-state index contributed by atoms with van der Waals surface area (Å²) in [6, 6.07) is 4.83. The lowest BCUT2D eigenvalue weighted by Crippen LogP contribution is -2.38. The molecule has 104 valence electrons. The maximum Gasteiger partial charge on any atom is 0.253 e. The topological polar surface area (TPSA) is 75.4 Å². The predicted molar refractivity (Wildman–Crippen MR) is 76.2 cm³/mol.